The van der Waals surface area contributed by atoms with Crippen LogP contribution in [0.5, 0.6) is 0 Å². The van der Waals surface area contributed by atoms with E-state index in [0.29, 0.717) is 0 Å². The van der Waals surface area contributed by atoms with Gasteiger partial charge in [-0.25, -0.2) is 0 Å². The zero-order valence-corrected chi connectivity index (χ0v) is 14.4. The highest BCUT2D eigenvalue weighted by molar-refractivity contribution is 5.69. The molecule has 1 fully saturated rings. The third kappa shape index (κ3) is 4.35. The normalized spacial score (nSPS) is 23.1. The van der Waals surface area contributed by atoms with Crippen molar-refractivity contribution in [2.45, 2.75) is 24.7 Å². The highest BCUT2D eigenvalue weighted by Crippen LogP contribution is 2.32. The quantitative estimate of drug-likeness (QED) is 0.722. The minimum absolute atomic E-state index is 0. The number of benzene rings is 2. The Kier molecular flexibility index (Phi) is 6.79. The number of quaternary nitrogens is 1. The van der Waals surface area contributed by atoms with E-state index in [9.17, 15) is 4.79 Å². The summed E-state index contributed by atoms with van der Waals surface area (Å²) in [6.45, 7) is 0.748. The van der Waals surface area contributed by atoms with Crippen molar-refractivity contribution in [1.82, 2.24) is 0 Å². The zero-order valence-electron chi connectivity index (χ0n) is 13.6. The van der Waals surface area contributed by atoms with Crippen LogP contribution in [0.15, 0.2) is 60.7 Å². The van der Waals surface area contributed by atoms with Crippen LogP contribution in [-0.4, -0.2) is 25.7 Å². The van der Waals surface area contributed by atoms with Crippen LogP contribution in [0.3, 0.4) is 0 Å². The van der Waals surface area contributed by atoms with E-state index in [0.717, 1.165) is 12.1 Å². The van der Waals surface area contributed by atoms with E-state index in [1.807, 2.05) is 36.4 Å². The van der Waals surface area contributed by atoms with Crippen LogP contribution in [0.25, 0.3) is 0 Å². The summed E-state index contributed by atoms with van der Waals surface area (Å²) < 4.78 is 11.1. The number of hydrogen-bond donors (Lipinski definition) is 1. The second kappa shape index (κ2) is 8.83. The van der Waals surface area contributed by atoms with E-state index in [-0.39, 0.29) is 43.0 Å². The third-order valence-electron chi connectivity index (χ3n) is 4.25. The smallest absolute Gasteiger partial charge is 0.308 e. The van der Waals surface area contributed by atoms with Crippen molar-refractivity contribution >= 4 is 5.97 Å². The molecule has 3 rings (SSSR count). The Bertz CT molecular complexity index is 636. The second-order valence-electron chi connectivity index (χ2n) is 5.78. The average Bonchev–Trinajstić information content (AvgIpc) is 2.63. The van der Waals surface area contributed by atoms with Gasteiger partial charge in [-0.05, 0) is 5.56 Å². The fraction of sp³-hybridized carbons (Fsp3) is 0.316. The molecule has 0 unspecified atom stereocenters. The number of halogens is 1. The summed E-state index contributed by atoms with van der Waals surface area (Å²) in [5.74, 6) is -0.228. The third-order valence-corrected chi connectivity index (χ3v) is 4.25. The maximum Gasteiger partial charge on any atom is 0.308 e. The molecule has 0 saturated carbocycles. The van der Waals surface area contributed by atoms with Gasteiger partial charge in [0.15, 0.2) is 0 Å². The molecule has 128 valence electrons. The Hall–Kier alpha value is -1.88. The lowest BCUT2D eigenvalue weighted by Gasteiger charge is -2.35. The Morgan fingerprint density at radius 3 is 2.25 bits per heavy atom. The number of methoxy groups -OCH3 is 1. The summed E-state index contributed by atoms with van der Waals surface area (Å²) in [4.78, 5) is 11.6. The Morgan fingerprint density at radius 1 is 1.08 bits per heavy atom. The summed E-state index contributed by atoms with van der Waals surface area (Å²) in [5, 5.41) is 2.27. The van der Waals surface area contributed by atoms with Gasteiger partial charge in [0, 0.05) is 5.56 Å². The summed E-state index contributed by atoms with van der Waals surface area (Å²) in [6.07, 6.45) is 0.0762. The molecule has 4 nitrogen and oxygen atoms in total. The average molecular weight is 348 g/mol. The minimum atomic E-state index is -0.228. The summed E-state index contributed by atoms with van der Waals surface area (Å²) >= 11 is 0. The molecule has 1 aliphatic heterocycles. The fourth-order valence-corrected chi connectivity index (χ4v) is 3.08. The van der Waals surface area contributed by atoms with E-state index >= 15 is 0 Å². The van der Waals surface area contributed by atoms with Crippen LogP contribution < -0.4 is 17.7 Å². The van der Waals surface area contributed by atoms with Crippen molar-refractivity contribution in [2.75, 3.05) is 13.7 Å². The van der Waals surface area contributed by atoms with E-state index in [1.54, 1.807) is 0 Å². The molecular weight excluding hydrogens is 326 g/mol. The standard InChI is InChI=1S/C19H21NO3.ClH/c1-22-17(21)12-16-13-20-18(14-8-4-2-5-9-14)19(23-16)15-10-6-3-7-11-15;/h2-11,16,18-20H,12-13H2,1H3;1H/t16-,18-,19+;/m1./s1. The van der Waals surface area contributed by atoms with Crippen LogP contribution >= 0.6 is 0 Å². The van der Waals surface area contributed by atoms with Crippen LogP contribution in [0.2, 0.25) is 0 Å². The number of morpholine rings is 1. The van der Waals surface area contributed by atoms with Crippen LogP contribution in [-0.2, 0) is 14.3 Å². The van der Waals surface area contributed by atoms with Crippen molar-refractivity contribution in [3.05, 3.63) is 71.8 Å². The number of nitrogens with two attached hydrogens (primary N) is 1. The number of carbonyl (C=O) groups excluding carboxylic acids is 1. The summed E-state index contributed by atoms with van der Waals surface area (Å²) in [6, 6.07) is 20.7. The number of rotatable bonds is 4. The molecule has 24 heavy (non-hydrogen) atoms. The van der Waals surface area contributed by atoms with Gasteiger partial charge in [-0.2, -0.15) is 0 Å². The molecule has 3 atom stereocenters. The predicted molar refractivity (Wildman–Crippen MR) is 86.7 cm³/mol. The maximum atomic E-state index is 11.6. The van der Waals surface area contributed by atoms with Gasteiger partial charge >= 0.3 is 5.97 Å². The molecule has 0 aromatic heterocycles. The van der Waals surface area contributed by atoms with Crippen molar-refractivity contribution in [3.8, 4) is 0 Å². The van der Waals surface area contributed by atoms with Crippen LogP contribution in [0.4, 0.5) is 0 Å². The SMILES string of the molecule is COC(=O)C[C@@H]1C[NH2+][C@H](c2ccccc2)[C@H](c2ccccc2)O1.[Cl-]. The Balaban J connectivity index is 0.00000208. The molecule has 0 spiro atoms. The topological polar surface area (TPSA) is 52.1 Å². The largest absolute Gasteiger partial charge is 1.00 e. The number of esters is 1. The first kappa shape index (κ1) is 18.5. The molecule has 0 radical (unpaired) electrons. The summed E-state index contributed by atoms with van der Waals surface area (Å²) in [5.41, 5.74) is 2.37. The Labute approximate surface area is 148 Å². The van der Waals surface area contributed by atoms with Gasteiger partial charge in [0.05, 0.1) is 13.5 Å². The van der Waals surface area contributed by atoms with Gasteiger partial charge < -0.3 is 27.2 Å². The number of hydrogen-bond acceptors (Lipinski definition) is 3. The molecular formula is C19H22ClNO3. The molecule has 1 heterocycles. The molecule has 0 amide bonds. The van der Waals surface area contributed by atoms with Crippen LogP contribution in [0.1, 0.15) is 29.7 Å². The van der Waals surface area contributed by atoms with Crippen molar-refractivity contribution in [2.24, 2.45) is 0 Å². The van der Waals surface area contributed by atoms with Gasteiger partial charge in [0.2, 0.25) is 0 Å². The first-order valence-electron chi connectivity index (χ1n) is 7.93. The fourth-order valence-electron chi connectivity index (χ4n) is 3.08. The Morgan fingerprint density at radius 2 is 1.67 bits per heavy atom. The van der Waals surface area contributed by atoms with E-state index in [2.05, 4.69) is 29.6 Å². The molecule has 0 bridgehead atoms. The maximum absolute atomic E-state index is 11.6. The van der Waals surface area contributed by atoms with Crippen molar-refractivity contribution < 1.29 is 32.0 Å². The molecule has 5 heteroatoms. The lowest BCUT2D eigenvalue weighted by molar-refractivity contribution is -0.727. The number of carbonyl (C=O) groups is 1. The first-order chi connectivity index (χ1) is 11.3. The van der Waals surface area contributed by atoms with Gasteiger partial charge in [0.25, 0.3) is 0 Å². The molecule has 2 aromatic carbocycles. The van der Waals surface area contributed by atoms with Crippen molar-refractivity contribution in [1.29, 1.82) is 0 Å². The molecule has 2 aromatic rings. The lowest BCUT2D eigenvalue weighted by Crippen LogP contribution is -3.00. The first-order valence-corrected chi connectivity index (χ1v) is 7.93. The minimum Gasteiger partial charge on any atom is -1.00 e. The van der Waals surface area contributed by atoms with E-state index < -0.39 is 0 Å². The lowest BCUT2D eigenvalue weighted by atomic mass is 9.93. The van der Waals surface area contributed by atoms with Crippen molar-refractivity contribution in [3.63, 3.8) is 0 Å². The number of ether oxygens (including phenoxy) is 2. The highest BCUT2D eigenvalue weighted by atomic mass is 35.5. The second-order valence-corrected chi connectivity index (χ2v) is 5.78. The molecule has 0 aliphatic carbocycles. The highest BCUT2D eigenvalue weighted by Gasteiger charge is 2.37. The van der Waals surface area contributed by atoms with Gasteiger partial charge in [-0.1, -0.05) is 60.7 Å². The van der Waals surface area contributed by atoms with Gasteiger partial charge in [-0.3, -0.25) is 4.79 Å². The molecule has 2 N–H and O–H groups in total. The molecule has 1 aliphatic rings. The van der Waals surface area contributed by atoms with E-state index in [1.165, 1.54) is 12.7 Å². The predicted octanol–water partition coefficient (Wildman–Crippen LogP) is -1.00. The van der Waals surface area contributed by atoms with E-state index in [4.69, 9.17) is 9.47 Å². The monoisotopic (exact) mass is 347 g/mol. The van der Waals surface area contributed by atoms with Gasteiger partial charge in [-0.15, -0.1) is 0 Å². The zero-order chi connectivity index (χ0) is 16.1. The van der Waals surface area contributed by atoms with Gasteiger partial charge in [0.1, 0.15) is 24.8 Å². The summed E-state index contributed by atoms with van der Waals surface area (Å²) in [7, 11) is 1.41. The van der Waals surface area contributed by atoms with Crippen LogP contribution in [0, 0.1) is 0 Å². The molecule has 1 saturated heterocycles.